The Hall–Kier alpha value is -4.15. The first-order chi connectivity index (χ1) is 13.9. The van der Waals surface area contributed by atoms with E-state index in [4.69, 9.17) is 4.52 Å². The van der Waals surface area contributed by atoms with Crippen LogP contribution in [0.4, 0.5) is 10.1 Å². The van der Waals surface area contributed by atoms with E-state index in [0.717, 1.165) is 0 Å². The highest BCUT2D eigenvalue weighted by Gasteiger charge is 2.17. The van der Waals surface area contributed by atoms with Gasteiger partial charge in [-0.2, -0.15) is 4.98 Å². The number of hydrogen-bond donors (Lipinski definition) is 2. The Bertz CT molecular complexity index is 1050. The molecule has 3 rings (SSSR count). The number of hydrogen-bond acceptors (Lipinski definition) is 7. The van der Waals surface area contributed by atoms with Crippen molar-refractivity contribution in [3.05, 3.63) is 75.9 Å². The Morgan fingerprint density at radius 1 is 1.07 bits per heavy atom. The average Bonchev–Trinajstić information content (AvgIpc) is 3.22. The minimum absolute atomic E-state index is 0.0310. The Morgan fingerprint density at radius 3 is 2.45 bits per heavy atom. The Balaban J connectivity index is 1.51. The topological polar surface area (TPSA) is 140 Å². The molecule has 11 heteroatoms. The van der Waals surface area contributed by atoms with Crippen molar-refractivity contribution in [1.82, 2.24) is 20.8 Å². The number of carbonyl (C=O) groups excluding carboxylic acids is 2. The van der Waals surface area contributed by atoms with Crippen LogP contribution in [0.5, 0.6) is 0 Å². The van der Waals surface area contributed by atoms with Crippen molar-refractivity contribution in [3.8, 4) is 11.4 Å². The maximum atomic E-state index is 12.8. The van der Waals surface area contributed by atoms with E-state index < -0.39 is 22.6 Å². The summed E-state index contributed by atoms with van der Waals surface area (Å²) in [6.07, 6.45) is 0. The highest BCUT2D eigenvalue weighted by Crippen LogP contribution is 2.21. The molecule has 0 atom stereocenters. The van der Waals surface area contributed by atoms with E-state index in [-0.39, 0.29) is 36.1 Å². The molecule has 0 aliphatic heterocycles. The van der Waals surface area contributed by atoms with Crippen molar-refractivity contribution in [3.63, 3.8) is 0 Å². The fourth-order valence-electron chi connectivity index (χ4n) is 2.32. The third kappa shape index (κ3) is 4.97. The lowest BCUT2D eigenvalue weighted by molar-refractivity contribution is -0.384. The molecule has 0 fully saturated rings. The van der Waals surface area contributed by atoms with E-state index in [1.54, 1.807) is 6.07 Å². The van der Waals surface area contributed by atoms with Crippen LogP contribution in [-0.2, 0) is 0 Å². The number of nitrogens with one attached hydrogen (secondary N) is 2. The Morgan fingerprint density at radius 2 is 1.76 bits per heavy atom. The first-order valence-corrected chi connectivity index (χ1v) is 8.34. The number of halogens is 1. The predicted octanol–water partition coefficient (Wildman–Crippen LogP) is 1.94. The molecule has 2 N–H and O–H groups in total. The van der Waals surface area contributed by atoms with Gasteiger partial charge in [0.25, 0.3) is 11.6 Å². The summed E-state index contributed by atoms with van der Waals surface area (Å²) in [5.74, 6) is -1.81. The largest absolute Gasteiger partial charge is 0.350 e. The highest BCUT2D eigenvalue weighted by molar-refractivity contribution is 5.94. The zero-order chi connectivity index (χ0) is 20.8. The van der Waals surface area contributed by atoms with Gasteiger partial charge in [0.15, 0.2) is 0 Å². The maximum absolute atomic E-state index is 12.8. The van der Waals surface area contributed by atoms with Gasteiger partial charge in [0.05, 0.1) is 4.92 Å². The predicted molar refractivity (Wildman–Crippen MR) is 97.5 cm³/mol. The summed E-state index contributed by atoms with van der Waals surface area (Å²) in [6.45, 7) is 0.202. The molecule has 0 aliphatic carbocycles. The molecule has 0 saturated heterocycles. The zero-order valence-corrected chi connectivity index (χ0v) is 14.8. The molecule has 1 aromatic heterocycles. The molecule has 2 aromatic carbocycles. The highest BCUT2D eigenvalue weighted by atomic mass is 19.1. The second kappa shape index (κ2) is 8.69. The molecule has 0 spiro atoms. The molecule has 0 saturated carbocycles. The lowest BCUT2D eigenvalue weighted by atomic mass is 10.2. The van der Waals surface area contributed by atoms with Gasteiger partial charge >= 0.3 is 11.8 Å². The van der Waals surface area contributed by atoms with Gasteiger partial charge in [-0.3, -0.25) is 19.7 Å². The van der Waals surface area contributed by atoms with Crippen LogP contribution in [0, 0.1) is 15.9 Å². The summed E-state index contributed by atoms with van der Waals surface area (Å²) >= 11 is 0. The van der Waals surface area contributed by atoms with E-state index in [2.05, 4.69) is 20.8 Å². The molecule has 3 aromatic rings. The van der Waals surface area contributed by atoms with E-state index in [9.17, 15) is 24.1 Å². The molecule has 0 radical (unpaired) electrons. The lowest BCUT2D eigenvalue weighted by Crippen LogP contribution is -2.34. The van der Waals surface area contributed by atoms with Gasteiger partial charge in [-0.1, -0.05) is 17.3 Å². The quantitative estimate of drug-likeness (QED) is 0.351. The van der Waals surface area contributed by atoms with Gasteiger partial charge in [-0.25, -0.2) is 4.39 Å². The van der Waals surface area contributed by atoms with Gasteiger partial charge in [-0.15, -0.1) is 0 Å². The third-order valence-electron chi connectivity index (χ3n) is 3.74. The minimum atomic E-state index is -0.662. The normalized spacial score (nSPS) is 10.4. The van der Waals surface area contributed by atoms with Crippen LogP contribution >= 0.6 is 0 Å². The van der Waals surface area contributed by atoms with Crippen LogP contribution in [-0.4, -0.2) is 40.0 Å². The fourth-order valence-corrected chi connectivity index (χ4v) is 2.32. The van der Waals surface area contributed by atoms with Gasteiger partial charge in [0.1, 0.15) is 5.82 Å². The van der Waals surface area contributed by atoms with Crippen LogP contribution < -0.4 is 10.6 Å². The zero-order valence-electron chi connectivity index (χ0n) is 14.8. The smallest absolute Gasteiger partial charge is 0.316 e. The van der Waals surface area contributed by atoms with E-state index >= 15 is 0 Å². The molecule has 0 bridgehead atoms. The molecule has 1 heterocycles. The summed E-state index contributed by atoms with van der Waals surface area (Å²) in [7, 11) is 0. The number of non-ortho nitro benzene ring substituents is 1. The SMILES string of the molecule is O=C(NCCNC(=O)c1nc(-c2cccc([N+](=O)[O-])c2)no1)c1ccc(F)cc1. The summed E-state index contributed by atoms with van der Waals surface area (Å²) in [5, 5.41) is 19.5. The summed E-state index contributed by atoms with van der Waals surface area (Å²) in [5.41, 5.74) is 0.472. The maximum Gasteiger partial charge on any atom is 0.316 e. The first kappa shape index (κ1) is 19.6. The van der Waals surface area contributed by atoms with Gasteiger partial charge in [0, 0.05) is 36.3 Å². The van der Waals surface area contributed by atoms with E-state index in [0.29, 0.717) is 5.56 Å². The third-order valence-corrected chi connectivity index (χ3v) is 3.74. The molecular formula is C18H14FN5O5. The van der Waals surface area contributed by atoms with E-state index in [1.165, 1.54) is 42.5 Å². The van der Waals surface area contributed by atoms with Crippen LogP contribution in [0.25, 0.3) is 11.4 Å². The van der Waals surface area contributed by atoms with Crippen molar-refractivity contribution in [2.24, 2.45) is 0 Å². The number of nitro benzene ring substituents is 1. The van der Waals surface area contributed by atoms with Gasteiger partial charge in [-0.05, 0) is 24.3 Å². The van der Waals surface area contributed by atoms with Gasteiger partial charge in [0.2, 0.25) is 5.82 Å². The van der Waals surface area contributed by atoms with Crippen molar-refractivity contribution in [1.29, 1.82) is 0 Å². The summed E-state index contributed by atoms with van der Waals surface area (Å²) in [6, 6.07) is 10.6. The Labute approximate surface area is 162 Å². The molecule has 29 heavy (non-hydrogen) atoms. The Kier molecular flexibility index (Phi) is 5.88. The number of benzene rings is 2. The van der Waals surface area contributed by atoms with Crippen LogP contribution in [0.15, 0.2) is 53.1 Å². The number of amides is 2. The van der Waals surface area contributed by atoms with Gasteiger partial charge < -0.3 is 15.2 Å². The monoisotopic (exact) mass is 399 g/mol. The minimum Gasteiger partial charge on any atom is -0.350 e. The van der Waals surface area contributed by atoms with Crippen LogP contribution in [0.1, 0.15) is 21.0 Å². The number of rotatable bonds is 7. The number of aromatic nitrogens is 2. The van der Waals surface area contributed by atoms with E-state index in [1.807, 2.05) is 0 Å². The molecule has 0 unspecified atom stereocenters. The molecule has 0 aliphatic rings. The molecule has 148 valence electrons. The molecule has 10 nitrogen and oxygen atoms in total. The lowest BCUT2D eigenvalue weighted by Gasteiger charge is -2.05. The average molecular weight is 399 g/mol. The number of nitro groups is 1. The fraction of sp³-hybridized carbons (Fsp3) is 0.111. The molecular weight excluding hydrogens is 385 g/mol. The van der Waals surface area contributed by atoms with Crippen molar-refractivity contribution < 1.29 is 23.4 Å². The van der Waals surface area contributed by atoms with Crippen molar-refractivity contribution in [2.45, 2.75) is 0 Å². The second-order valence-corrected chi connectivity index (χ2v) is 5.75. The van der Waals surface area contributed by atoms with Crippen LogP contribution in [0.2, 0.25) is 0 Å². The number of nitrogens with zero attached hydrogens (tertiary/aromatic N) is 3. The number of carbonyl (C=O) groups is 2. The van der Waals surface area contributed by atoms with Crippen molar-refractivity contribution in [2.75, 3.05) is 13.1 Å². The second-order valence-electron chi connectivity index (χ2n) is 5.75. The van der Waals surface area contributed by atoms with Crippen LogP contribution in [0.3, 0.4) is 0 Å². The standard InChI is InChI=1S/C18H14FN5O5/c19-13-6-4-11(5-7-13)16(25)20-8-9-21-17(26)18-22-15(23-29-18)12-2-1-3-14(10-12)24(27)28/h1-7,10H,8-9H2,(H,20,25)(H,21,26). The summed E-state index contributed by atoms with van der Waals surface area (Å²) in [4.78, 5) is 38.1. The molecule has 2 amide bonds. The summed E-state index contributed by atoms with van der Waals surface area (Å²) < 4.78 is 17.7. The van der Waals surface area contributed by atoms with Crippen molar-refractivity contribution >= 4 is 17.5 Å². The first-order valence-electron chi connectivity index (χ1n) is 8.34.